The van der Waals surface area contributed by atoms with E-state index in [1.165, 1.54) is 0 Å². The molecule has 2 aromatic carbocycles. The first-order valence-corrected chi connectivity index (χ1v) is 7.80. The third kappa shape index (κ3) is 3.71. The topological polar surface area (TPSA) is 78.1 Å². The molecule has 132 valence electrons. The molecule has 0 saturated carbocycles. The zero-order valence-corrected chi connectivity index (χ0v) is 14.3. The average Bonchev–Trinajstić information content (AvgIpc) is 3.09. The Bertz CT molecular complexity index is 778. The van der Waals surface area contributed by atoms with Crippen molar-refractivity contribution in [1.82, 2.24) is 0 Å². The number of carbonyl (C=O) groups excluding carboxylic acids is 1. The molecule has 0 aromatic heterocycles. The number of rotatable bonds is 6. The number of carbonyl (C=O) groups is 1. The molecule has 1 amide bonds. The van der Waals surface area contributed by atoms with Crippen LogP contribution in [0.15, 0.2) is 36.4 Å². The quantitative estimate of drug-likeness (QED) is 0.839. The fourth-order valence-electron chi connectivity index (χ4n) is 2.45. The lowest BCUT2D eigenvalue weighted by atomic mass is 10.2. The van der Waals surface area contributed by atoms with Crippen molar-refractivity contribution in [3.63, 3.8) is 0 Å². The molecule has 0 radical (unpaired) electrons. The number of benzene rings is 2. The fourth-order valence-corrected chi connectivity index (χ4v) is 2.45. The average molecular weight is 344 g/mol. The van der Waals surface area contributed by atoms with Gasteiger partial charge < -0.3 is 29.6 Å². The van der Waals surface area contributed by atoms with E-state index in [1.807, 2.05) is 6.07 Å². The second-order valence-electron chi connectivity index (χ2n) is 5.49. The van der Waals surface area contributed by atoms with E-state index < -0.39 is 6.04 Å². The number of amides is 1. The van der Waals surface area contributed by atoms with Crippen molar-refractivity contribution in [2.45, 2.75) is 13.0 Å². The SMILES string of the molecule is COc1ccc(OC)c(NC(=O)[C@@H](C)Nc2ccc3c(c2)OCO3)c1. The molecule has 25 heavy (non-hydrogen) atoms. The van der Waals surface area contributed by atoms with Gasteiger partial charge in [-0.3, -0.25) is 4.79 Å². The number of nitrogens with one attached hydrogen (secondary N) is 2. The van der Waals surface area contributed by atoms with E-state index in [-0.39, 0.29) is 12.7 Å². The Morgan fingerprint density at radius 3 is 2.64 bits per heavy atom. The number of ether oxygens (including phenoxy) is 4. The first kappa shape index (κ1) is 16.8. The molecule has 3 rings (SSSR count). The summed E-state index contributed by atoms with van der Waals surface area (Å²) < 4.78 is 21.1. The van der Waals surface area contributed by atoms with Crippen molar-refractivity contribution in [3.05, 3.63) is 36.4 Å². The molecule has 2 aromatic rings. The summed E-state index contributed by atoms with van der Waals surface area (Å²) in [6, 6.07) is 10.2. The zero-order chi connectivity index (χ0) is 17.8. The van der Waals surface area contributed by atoms with Gasteiger partial charge in [0.05, 0.1) is 19.9 Å². The van der Waals surface area contributed by atoms with Crippen molar-refractivity contribution in [1.29, 1.82) is 0 Å². The summed E-state index contributed by atoms with van der Waals surface area (Å²) in [5, 5.41) is 5.98. The van der Waals surface area contributed by atoms with Crippen LogP contribution in [0.3, 0.4) is 0 Å². The van der Waals surface area contributed by atoms with Gasteiger partial charge in [-0.05, 0) is 31.2 Å². The van der Waals surface area contributed by atoms with Gasteiger partial charge in [0.2, 0.25) is 12.7 Å². The predicted molar refractivity (Wildman–Crippen MR) is 93.8 cm³/mol. The molecule has 0 fully saturated rings. The summed E-state index contributed by atoms with van der Waals surface area (Å²) in [5.74, 6) is 2.34. The molecule has 0 unspecified atom stereocenters. The third-order valence-corrected chi connectivity index (χ3v) is 3.81. The van der Waals surface area contributed by atoms with Crippen LogP contribution in [0.2, 0.25) is 0 Å². The van der Waals surface area contributed by atoms with Gasteiger partial charge in [0.25, 0.3) is 0 Å². The lowest BCUT2D eigenvalue weighted by Crippen LogP contribution is -2.32. The minimum Gasteiger partial charge on any atom is -0.497 e. The highest BCUT2D eigenvalue weighted by atomic mass is 16.7. The molecule has 2 N–H and O–H groups in total. The summed E-state index contributed by atoms with van der Waals surface area (Å²) in [4.78, 5) is 12.5. The van der Waals surface area contributed by atoms with E-state index in [9.17, 15) is 4.79 Å². The van der Waals surface area contributed by atoms with Crippen LogP contribution in [-0.2, 0) is 4.79 Å². The van der Waals surface area contributed by atoms with Gasteiger partial charge in [0.1, 0.15) is 17.5 Å². The molecule has 1 aliphatic rings. The number of methoxy groups -OCH3 is 2. The lowest BCUT2D eigenvalue weighted by Gasteiger charge is -2.17. The van der Waals surface area contributed by atoms with E-state index in [1.54, 1.807) is 51.5 Å². The Balaban J connectivity index is 1.68. The summed E-state index contributed by atoms with van der Waals surface area (Å²) in [5.41, 5.74) is 1.32. The minimum atomic E-state index is -0.476. The maximum absolute atomic E-state index is 12.5. The van der Waals surface area contributed by atoms with Crippen molar-refractivity contribution in [2.24, 2.45) is 0 Å². The predicted octanol–water partition coefficient (Wildman–Crippen LogP) is 2.87. The van der Waals surface area contributed by atoms with Crippen molar-refractivity contribution in [3.8, 4) is 23.0 Å². The second kappa shape index (κ2) is 7.21. The molecule has 7 nitrogen and oxygen atoms in total. The summed E-state index contributed by atoms with van der Waals surface area (Å²) in [7, 11) is 3.11. The Morgan fingerprint density at radius 1 is 1.08 bits per heavy atom. The molecule has 1 atom stereocenters. The lowest BCUT2D eigenvalue weighted by molar-refractivity contribution is -0.116. The molecule has 1 aliphatic heterocycles. The Labute approximate surface area is 145 Å². The van der Waals surface area contributed by atoms with E-state index >= 15 is 0 Å². The summed E-state index contributed by atoms with van der Waals surface area (Å²) >= 11 is 0. The van der Waals surface area contributed by atoms with Crippen LogP contribution in [0.1, 0.15) is 6.92 Å². The van der Waals surface area contributed by atoms with Crippen LogP contribution in [0, 0.1) is 0 Å². The standard InChI is InChI=1S/C18H20N2O5/c1-11(19-12-4-6-16-17(8-12)25-10-24-16)18(21)20-14-9-13(22-2)5-7-15(14)23-3/h4-9,11,19H,10H2,1-3H3,(H,20,21)/t11-/m1/s1. The Hall–Kier alpha value is -3.09. The minimum absolute atomic E-state index is 0.204. The van der Waals surface area contributed by atoms with Gasteiger partial charge in [0, 0.05) is 17.8 Å². The van der Waals surface area contributed by atoms with Crippen LogP contribution in [0.5, 0.6) is 23.0 Å². The molecule has 0 bridgehead atoms. The number of anilines is 2. The van der Waals surface area contributed by atoms with Gasteiger partial charge in [0.15, 0.2) is 11.5 Å². The van der Waals surface area contributed by atoms with Gasteiger partial charge >= 0.3 is 0 Å². The van der Waals surface area contributed by atoms with E-state index in [2.05, 4.69) is 10.6 Å². The molecule has 0 aliphatic carbocycles. The third-order valence-electron chi connectivity index (χ3n) is 3.81. The van der Waals surface area contributed by atoms with E-state index in [0.717, 1.165) is 5.69 Å². The number of hydrogen-bond acceptors (Lipinski definition) is 6. The molecular formula is C18H20N2O5. The van der Waals surface area contributed by atoms with Crippen LogP contribution >= 0.6 is 0 Å². The number of hydrogen-bond donors (Lipinski definition) is 2. The molecular weight excluding hydrogens is 324 g/mol. The fraction of sp³-hybridized carbons (Fsp3) is 0.278. The van der Waals surface area contributed by atoms with Gasteiger partial charge in [-0.25, -0.2) is 0 Å². The second-order valence-corrected chi connectivity index (χ2v) is 5.49. The Kier molecular flexibility index (Phi) is 4.83. The Morgan fingerprint density at radius 2 is 1.88 bits per heavy atom. The first-order chi connectivity index (χ1) is 12.1. The maximum Gasteiger partial charge on any atom is 0.246 e. The van der Waals surface area contributed by atoms with E-state index in [4.69, 9.17) is 18.9 Å². The van der Waals surface area contributed by atoms with Crippen LogP contribution in [0.25, 0.3) is 0 Å². The molecule has 0 spiro atoms. The molecule has 0 saturated heterocycles. The van der Waals surface area contributed by atoms with Crippen molar-refractivity contribution >= 4 is 17.3 Å². The van der Waals surface area contributed by atoms with Gasteiger partial charge in [-0.2, -0.15) is 0 Å². The van der Waals surface area contributed by atoms with Crippen LogP contribution in [0.4, 0.5) is 11.4 Å². The van der Waals surface area contributed by atoms with Crippen molar-refractivity contribution in [2.75, 3.05) is 31.6 Å². The first-order valence-electron chi connectivity index (χ1n) is 7.80. The van der Waals surface area contributed by atoms with Crippen LogP contribution < -0.4 is 29.6 Å². The van der Waals surface area contributed by atoms with E-state index in [0.29, 0.717) is 28.7 Å². The summed E-state index contributed by atoms with van der Waals surface area (Å²) in [6.45, 7) is 1.98. The highest BCUT2D eigenvalue weighted by Crippen LogP contribution is 2.34. The maximum atomic E-state index is 12.5. The number of fused-ring (bicyclic) bond motifs is 1. The van der Waals surface area contributed by atoms with Gasteiger partial charge in [-0.15, -0.1) is 0 Å². The van der Waals surface area contributed by atoms with Crippen molar-refractivity contribution < 1.29 is 23.7 Å². The molecule has 1 heterocycles. The van der Waals surface area contributed by atoms with Crippen LogP contribution in [-0.4, -0.2) is 33.0 Å². The molecule has 7 heteroatoms. The monoisotopic (exact) mass is 344 g/mol. The van der Waals surface area contributed by atoms with Gasteiger partial charge in [-0.1, -0.05) is 0 Å². The highest BCUT2D eigenvalue weighted by Gasteiger charge is 2.18. The largest absolute Gasteiger partial charge is 0.497 e. The normalized spacial score (nSPS) is 13.1. The highest BCUT2D eigenvalue weighted by molar-refractivity contribution is 5.97. The zero-order valence-electron chi connectivity index (χ0n) is 14.3. The smallest absolute Gasteiger partial charge is 0.246 e. The summed E-state index contributed by atoms with van der Waals surface area (Å²) in [6.07, 6.45) is 0.